The third-order valence-electron chi connectivity index (χ3n) is 2.25. The second-order valence-corrected chi connectivity index (χ2v) is 3.17. The van der Waals surface area contributed by atoms with Crippen LogP contribution in [0.5, 0.6) is 0 Å². The van der Waals surface area contributed by atoms with Crippen molar-refractivity contribution in [2.24, 2.45) is 0 Å². The smallest absolute Gasteiger partial charge is 0.408 e. The number of nitrogens with one attached hydrogen (secondary N) is 2. The Hall–Kier alpha value is -1.88. The monoisotopic (exact) mass is 206 g/mol. The number of hydrogen-bond acceptors (Lipinski definition) is 4. The first-order valence-electron chi connectivity index (χ1n) is 4.50. The number of benzene rings is 1. The molecule has 2 rings (SSSR count). The largest absolute Gasteiger partial charge is 0.417 e. The van der Waals surface area contributed by atoms with Crippen LogP contribution in [0, 0.1) is 0 Å². The van der Waals surface area contributed by atoms with Gasteiger partial charge in [-0.15, -0.1) is 0 Å². The van der Waals surface area contributed by atoms with Crippen LogP contribution < -0.4 is 11.1 Å². The van der Waals surface area contributed by atoms with Crippen molar-refractivity contribution in [2.75, 3.05) is 7.05 Å². The van der Waals surface area contributed by atoms with E-state index in [1.807, 2.05) is 0 Å². The van der Waals surface area contributed by atoms with Gasteiger partial charge in [0, 0.05) is 0 Å². The summed E-state index contributed by atoms with van der Waals surface area (Å²) in [5.74, 6) is -0.491. The highest BCUT2D eigenvalue weighted by molar-refractivity contribution is 5.74. The highest BCUT2D eigenvalue weighted by atomic mass is 16.4. The van der Waals surface area contributed by atoms with Crippen LogP contribution in [-0.4, -0.2) is 18.3 Å². The molecule has 1 heterocycles. The number of likely N-dealkylation sites (N-methyl/N-ethyl adjacent to an activating group) is 1. The van der Waals surface area contributed by atoms with Crippen molar-refractivity contribution < 1.29 is 9.21 Å². The predicted molar refractivity (Wildman–Crippen MR) is 54.7 cm³/mol. The van der Waals surface area contributed by atoms with E-state index in [4.69, 9.17) is 4.42 Å². The summed E-state index contributed by atoms with van der Waals surface area (Å²) in [4.78, 5) is 24.1. The van der Waals surface area contributed by atoms with Crippen LogP contribution in [0.2, 0.25) is 0 Å². The molecule has 2 N–H and O–H groups in total. The van der Waals surface area contributed by atoms with Crippen molar-refractivity contribution in [2.45, 2.75) is 6.04 Å². The standard InChI is InChI=1S/C10H10N2O3/c1-11-8(5-13)6-2-3-7-9(4-6)15-10(14)12-7/h2-5,8,11H,1H3,(H,12,14). The van der Waals surface area contributed by atoms with E-state index in [0.717, 1.165) is 11.8 Å². The Labute approximate surface area is 85.1 Å². The second kappa shape index (κ2) is 3.70. The van der Waals surface area contributed by atoms with E-state index in [2.05, 4.69) is 10.3 Å². The van der Waals surface area contributed by atoms with Crippen molar-refractivity contribution >= 4 is 17.4 Å². The summed E-state index contributed by atoms with van der Waals surface area (Å²) in [7, 11) is 1.69. The zero-order valence-electron chi connectivity index (χ0n) is 8.11. The molecule has 5 nitrogen and oxygen atoms in total. The summed E-state index contributed by atoms with van der Waals surface area (Å²) in [6.45, 7) is 0. The van der Waals surface area contributed by atoms with Crippen molar-refractivity contribution in [3.05, 3.63) is 34.3 Å². The molecule has 0 bridgehead atoms. The minimum atomic E-state index is -0.491. The van der Waals surface area contributed by atoms with Gasteiger partial charge in [-0.05, 0) is 24.7 Å². The zero-order valence-corrected chi connectivity index (χ0v) is 8.11. The minimum absolute atomic E-state index is 0.380. The van der Waals surface area contributed by atoms with Gasteiger partial charge in [-0.1, -0.05) is 6.07 Å². The maximum Gasteiger partial charge on any atom is 0.417 e. The summed E-state index contributed by atoms with van der Waals surface area (Å²) >= 11 is 0. The quantitative estimate of drug-likeness (QED) is 0.720. The third-order valence-corrected chi connectivity index (χ3v) is 2.25. The Morgan fingerprint density at radius 1 is 1.53 bits per heavy atom. The van der Waals surface area contributed by atoms with Gasteiger partial charge < -0.3 is 14.5 Å². The van der Waals surface area contributed by atoms with Gasteiger partial charge >= 0.3 is 5.76 Å². The van der Waals surface area contributed by atoms with Gasteiger partial charge in [0.05, 0.1) is 11.6 Å². The molecule has 1 aromatic heterocycles. The van der Waals surface area contributed by atoms with Crippen LogP contribution in [0.3, 0.4) is 0 Å². The molecule has 0 saturated carbocycles. The van der Waals surface area contributed by atoms with Crippen LogP contribution in [0.4, 0.5) is 0 Å². The van der Waals surface area contributed by atoms with Gasteiger partial charge in [-0.25, -0.2) is 4.79 Å². The average Bonchev–Trinajstić information content (AvgIpc) is 2.59. The maximum atomic E-state index is 10.9. The molecule has 15 heavy (non-hydrogen) atoms. The van der Waals surface area contributed by atoms with E-state index < -0.39 is 5.76 Å². The number of aldehydes is 1. The number of hydrogen-bond donors (Lipinski definition) is 2. The number of aromatic nitrogens is 1. The van der Waals surface area contributed by atoms with E-state index in [1.54, 1.807) is 25.2 Å². The van der Waals surface area contributed by atoms with Gasteiger partial charge in [-0.2, -0.15) is 0 Å². The molecule has 2 aromatic rings. The lowest BCUT2D eigenvalue weighted by atomic mass is 10.1. The Bertz CT molecular complexity index is 541. The molecule has 0 amide bonds. The van der Waals surface area contributed by atoms with Gasteiger partial charge in [0.1, 0.15) is 6.29 Å². The molecule has 0 aliphatic carbocycles. The third kappa shape index (κ3) is 1.69. The molecule has 0 fully saturated rings. The molecule has 0 radical (unpaired) electrons. The van der Waals surface area contributed by atoms with Gasteiger partial charge in [0.2, 0.25) is 0 Å². The Balaban J connectivity index is 2.54. The van der Waals surface area contributed by atoms with Crippen molar-refractivity contribution in [1.29, 1.82) is 0 Å². The molecule has 78 valence electrons. The lowest BCUT2D eigenvalue weighted by molar-refractivity contribution is -0.109. The fraction of sp³-hybridized carbons (Fsp3) is 0.200. The van der Waals surface area contributed by atoms with Crippen LogP contribution in [0.25, 0.3) is 11.1 Å². The number of carbonyl (C=O) groups excluding carboxylic acids is 1. The first-order chi connectivity index (χ1) is 7.24. The first-order valence-corrected chi connectivity index (χ1v) is 4.50. The first kappa shape index (κ1) is 9.67. The number of aromatic amines is 1. The predicted octanol–water partition coefficient (Wildman–Crippen LogP) is 0.580. The van der Waals surface area contributed by atoms with E-state index in [9.17, 15) is 9.59 Å². The van der Waals surface area contributed by atoms with Crippen molar-refractivity contribution in [1.82, 2.24) is 10.3 Å². The summed E-state index contributed by atoms with van der Waals surface area (Å²) in [6.07, 6.45) is 0.798. The molecule has 0 aliphatic heterocycles. The molecular formula is C10H10N2O3. The van der Waals surface area contributed by atoms with Crippen molar-refractivity contribution in [3.8, 4) is 0 Å². The van der Waals surface area contributed by atoms with E-state index in [1.165, 1.54) is 0 Å². The maximum absolute atomic E-state index is 10.9. The number of H-pyrrole nitrogens is 1. The van der Waals surface area contributed by atoms with E-state index in [-0.39, 0.29) is 6.04 Å². The molecule has 1 unspecified atom stereocenters. The van der Waals surface area contributed by atoms with E-state index >= 15 is 0 Å². The molecule has 0 saturated heterocycles. The molecule has 0 aliphatic rings. The van der Waals surface area contributed by atoms with Gasteiger partial charge in [-0.3, -0.25) is 4.98 Å². The summed E-state index contributed by atoms with van der Waals surface area (Å²) in [5.41, 5.74) is 1.85. The normalized spacial score (nSPS) is 12.9. The topological polar surface area (TPSA) is 75.1 Å². The van der Waals surface area contributed by atoms with E-state index in [0.29, 0.717) is 11.1 Å². The zero-order chi connectivity index (χ0) is 10.8. The van der Waals surface area contributed by atoms with Crippen LogP contribution in [0.1, 0.15) is 11.6 Å². The average molecular weight is 206 g/mol. The molecular weight excluding hydrogens is 196 g/mol. The lowest BCUT2D eigenvalue weighted by Crippen LogP contribution is -2.17. The summed E-state index contributed by atoms with van der Waals surface area (Å²) in [5, 5.41) is 2.84. The van der Waals surface area contributed by atoms with Gasteiger partial charge in [0.25, 0.3) is 0 Å². The Morgan fingerprint density at radius 3 is 3.00 bits per heavy atom. The van der Waals surface area contributed by atoms with Crippen LogP contribution in [0.15, 0.2) is 27.4 Å². The summed E-state index contributed by atoms with van der Waals surface area (Å²) in [6, 6.07) is 4.77. The number of fused-ring (bicyclic) bond motifs is 1. The van der Waals surface area contributed by atoms with Crippen molar-refractivity contribution in [3.63, 3.8) is 0 Å². The Kier molecular flexibility index (Phi) is 2.39. The molecule has 1 atom stereocenters. The minimum Gasteiger partial charge on any atom is -0.408 e. The van der Waals surface area contributed by atoms with Crippen LogP contribution in [-0.2, 0) is 4.79 Å². The molecule has 1 aromatic carbocycles. The number of rotatable bonds is 3. The molecule has 0 spiro atoms. The second-order valence-electron chi connectivity index (χ2n) is 3.17. The highest BCUT2D eigenvalue weighted by Gasteiger charge is 2.09. The number of oxazole rings is 1. The fourth-order valence-electron chi connectivity index (χ4n) is 1.47. The van der Waals surface area contributed by atoms with Crippen LogP contribution >= 0.6 is 0 Å². The summed E-state index contributed by atoms with van der Waals surface area (Å²) < 4.78 is 4.89. The Morgan fingerprint density at radius 2 is 2.33 bits per heavy atom. The SMILES string of the molecule is CNC(C=O)c1ccc2[nH]c(=O)oc2c1. The fourth-order valence-corrected chi connectivity index (χ4v) is 1.47. The van der Waals surface area contributed by atoms with Gasteiger partial charge in [0.15, 0.2) is 5.58 Å². The highest BCUT2D eigenvalue weighted by Crippen LogP contribution is 2.16. The molecule has 5 heteroatoms. The number of carbonyl (C=O) groups is 1. The lowest BCUT2D eigenvalue weighted by Gasteiger charge is -2.07.